The van der Waals surface area contributed by atoms with Crippen molar-refractivity contribution in [1.29, 1.82) is 0 Å². The van der Waals surface area contributed by atoms with E-state index in [9.17, 15) is 4.79 Å². The summed E-state index contributed by atoms with van der Waals surface area (Å²) in [6.07, 6.45) is 5.50. The Morgan fingerprint density at radius 3 is 1.78 bits per heavy atom. The molecule has 2 aliphatic carbocycles. The Kier molecular flexibility index (Phi) is 6.74. The Balaban J connectivity index is 1.86. The molecule has 195 valence electrons. The van der Waals surface area contributed by atoms with Gasteiger partial charge in [-0.3, -0.25) is 4.79 Å². The molecule has 2 aromatic carbocycles. The molecule has 0 aliphatic heterocycles. The van der Waals surface area contributed by atoms with Crippen molar-refractivity contribution >= 4 is 11.6 Å². The number of nitrogens with one attached hydrogen (secondary N) is 1. The van der Waals surface area contributed by atoms with Crippen molar-refractivity contribution in [2.45, 2.75) is 109 Å². The monoisotopic (exact) mass is 487 g/mol. The van der Waals surface area contributed by atoms with Gasteiger partial charge in [-0.2, -0.15) is 0 Å². The SMILES string of the molecule is CN(C)CCc1c[c]c(C(=O)Nc2c3c(cc4c2C(C)(C)CCC4(C)C)C(C)(C)CCC3(C)C)cc1. The van der Waals surface area contributed by atoms with Gasteiger partial charge < -0.3 is 10.2 Å². The summed E-state index contributed by atoms with van der Waals surface area (Å²) in [5, 5.41) is 3.49. The molecule has 1 radical (unpaired) electrons. The summed E-state index contributed by atoms with van der Waals surface area (Å²) in [4.78, 5) is 15.9. The van der Waals surface area contributed by atoms with Crippen molar-refractivity contribution in [2.24, 2.45) is 0 Å². The molecule has 0 heterocycles. The lowest BCUT2D eigenvalue weighted by molar-refractivity contribution is 0.102. The fourth-order valence-corrected chi connectivity index (χ4v) is 6.34. The smallest absolute Gasteiger partial charge is 0.256 e. The topological polar surface area (TPSA) is 32.3 Å². The quantitative estimate of drug-likeness (QED) is 0.472. The van der Waals surface area contributed by atoms with Gasteiger partial charge in [0.25, 0.3) is 5.91 Å². The molecule has 0 spiro atoms. The van der Waals surface area contributed by atoms with E-state index in [1.54, 1.807) is 0 Å². The summed E-state index contributed by atoms with van der Waals surface area (Å²) in [5.74, 6) is -0.0527. The number of carbonyl (C=O) groups is 1. The average Bonchev–Trinajstić information content (AvgIpc) is 2.78. The molecular formula is C33H47N2O. The highest BCUT2D eigenvalue weighted by Gasteiger charge is 2.46. The van der Waals surface area contributed by atoms with Crippen LogP contribution in [-0.4, -0.2) is 31.4 Å². The third-order valence-electron chi connectivity index (χ3n) is 9.10. The normalized spacial score (nSPS) is 21.0. The molecule has 0 fully saturated rings. The minimum Gasteiger partial charge on any atom is -0.321 e. The van der Waals surface area contributed by atoms with Crippen LogP contribution in [-0.2, 0) is 28.1 Å². The summed E-state index contributed by atoms with van der Waals surface area (Å²) in [5.41, 5.74) is 8.58. The van der Waals surface area contributed by atoms with Gasteiger partial charge >= 0.3 is 0 Å². The third kappa shape index (κ3) is 4.88. The van der Waals surface area contributed by atoms with Crippen LogP contribution in [0.4, 0.5) is 5.69 Å². The van der Waals surface area contributed by atoms with Crippen molar-refractivity contribution < 1.29 is 4.79 Å². The molecule has 2 aromatic rings. The molecule has 3 heteroatoms. The summed E-state index contributed by atoms with van der Waals surface area (Å²) in [7, 11) is 4.16. The van der Waals surface area contributed by atoms with Crippen molar-refractivity contribution in [3.63, 3.8) is 0 Å². The molecule has 0 atom stereocenters. The molecule has 0 unspecified atom stereocenters. The van der Waals surface area contributed by atoms with E-state index in [0.29, 0.717) is 5.56 Å². The van der Waals surface area contributed by atoms with Crippen LogP contribution in [0, 0.1) is 6.07 Å². The molecule has 36 heavy (non-hydrogen) atoms. The van der Waals surface area contributed by atoms with Crippen LogP contribution in [0.25, 0.3) is 0 Å². The second-order valence-electron chi connectivity index (χ2n) is 14.3. The number of anilines is 1. The van der Waals surface area contributed by atoms with Gasteiger partial charge in [0.1, 0.15) is 0 Å². The maximum Gasteiger partial charge on any atom is 0.256 e. The molecule has 4 rings (SSSR count). The fraction of sp³-hybridized carbons (Fsp3) is 0.606. The number of fused-ring (bicyclic) bond motifs is 2. The first-order chi connectivity index (χ1) is 16.6. The number of amides is 1. The highest BCUT2D eigenvalue weighted by molar-refractivity contribution is 6.05. The van der Waals surface area contributed by atoms with Crippen LogP contribution in [0.3, 0.4) is 0 Å². The molecule has 0 bridgehead atoms. The minimum atomic E-state index is -0.0527. The van der Waals surface area contributed by atoms with Gasteiger partial charge in [0.2, 0.25) is 0 Å². The van der Waals surface area contributed by atoms with Crippen LogP contribution >= 0.6 is 0 Å². The van der Waals surface area contributed by atoms with Crippen LogP contribution < -0.4 is 5.32 Å². The van der Waals surface area contributed by atoms with Crippen molar-refractivity contribution in [2.75, 3.05) is 26.0 Å². The van der Waals surface area contributed by atoms with E-state index >= 15 is 0 Å². The molecule has 1 amide bonds. The summed E-state index contributed by atoms with van der Waals surface area (Å²) >= 11 is 0. The second-order valence-corrected chi connectivity index (χ2v) is 14.3. The maximum atomic E-state index is 13.8. The molecule has 2 aliphatic rings. The number of nitrogens with zero attached hydrogens (tertiary/aromatic N) is 1. The van der Waals surface area contributed by atoms with Gasteiger partial charge in [0, 0.05) is 17.8 Å². The fourth-order valence-electron chi connectivity index (χ4n) is 6.34. The predicted octanol–water partition coefficient (Wildman–Crippen LogP) is 7.54. The molecular weight excluding hydrogens is 440 g/mol. The summed E-state index contributed by atoms with van der Waals surface area (Å²) < 4.78 is 0. The second kappa shape index (κ2) is 9.01. The first-order valence-corrected chi connectivity index (χ1v) is 13.7. The third-order valence-corrected chi connectivity index (χ3v) is 9.10. The number of carbonyl (C=O) groups excluding carboxylic acids is 1. The van der Waals surface area contributed by atoms with Gasteiger partial charge in [-0.15, -0.1) is 0 Å². The van der Waals surface area contributed by atoms with Gasteiger partial charge in [0.15, 0.2) is 0 Å². The Labute approximate surface area is 220 Å². The first-order valence-electron chi connectivity index (χ1n) is 13.7. The van der Waals surface area contributed by atoms with E-state index in [-0.39, 0.29) is 27.6 Å². The highest BCUT2D eigenvalue weighted by atomic mass is 16.1. The minimum absolute atomic E-state index is 0.0000818. The molecule has 3 nitrogen and oxygen atoms in total. The van der Waals surface area contributed by atoms with E-state index in [1.807, 2.05) is 12.1 Å². The molecule has 0 aromatic heterocycles. The lowest BCUT2D eigenvalue weighted by atomic mass is 9.56. The Morgan fingerprint density at radius 1 is 0.833 bits per heavy atom. The number of benzene rings is 2. The maximum absolute atomic E-state index is 13.8. The average molecular weight is 488 g/mol. The number of hydrogen-bond donors (Lipinski definition) is 1. The Hall–Kier alpha value is -2.13. The summed E-state index contributed by atoms with van der Waals surface area (Å²) in [6, 6.07) is 11.8. The summed E-state index contributed by atoms with van der Waals surface area (Å²) in [6.45, 7) is 19.9. The van der Waals surface area contributed by atoms with E-state index in [0.717, 1.165) is 44.3 Å². The molecule has 0 saturated heterocycles. The van der Waals surface area contributed by atoms with E-state index in [1.165, 1.54) is 27.8 Å². The number of rotatable bonds is 5. The zero-order valence-electron chi connectivity index (χ0n) is 24.4. The van der Waals surface area contributed by atoms with Gasteiger partial charge in [0.05, 0.1) is 0 Å². The van der Waals surface area contributed by atoms with E-state index in [4.69, 9.17) is 0 Å². The predicted molar refractivity (Wildman–Crippen MR) is 153 cm³/mol. The largest absolute Gasteiger partial charge is 0.321 e. The van der Waals surface area contributed by atoms with Gasteiger partial charge in [-0.05, 0) is 108 Å². The lowest BCUT2D eigenvalue weighted by Crippen LogP contribution is -2.41. The van der Waals surface area contributed by atoms with Crippen LogP contribution in [0.15, 0.2) is 24.3 Å². The van der Waals surface area contributed by atoms with Crippen molar-refractivity contribution in [3.05, 3.63) is 63.7 Å². The lowest BCUT2D eigenvalue weighted by Gasteiger charge is -2.49. The zero-order chi connectivity index (χ0) is 26.7. The van der Waals surface area contributed by atoms with Crippen LogP contribution in [0.5, 0.6) is 0 Å². The van der Waals surface area contributed by atoms with Crippen molar-refractivity contribution in [3.8, 4) is 0 Å². The van der Waals surface area contributed by atoms with E-state index < -0.39 is 0 Å². The first kappa shape index (κ1) is 26.9. The molecule has 0 saturated carbocycles. The van der Waals surface area contributed by atoms with Gasteiger partial charge in [-0.1, -0.05) is 73.6 Å². The van der Waals surface area contributed by atoms with Gasteiger partial charge in [-0.25, -0.2) is 0 Å². The zero-order valence-corrected chi connectivity index (χ0v) is 24.4. The van der Waals surface area contributed by atoms with Crippen LogP contribution in [0.1, 0.15) is 119 Å². The molecule has 1 N–H and O–H groups in total. The van der Waals surface area contributed by atoms with E-state index in [2.05, 4.69) is 97.9 Å². The standard InChI is InChI=1S/C33H47N2O/c1-30(2)16-18-32(5,6)26-24(30)21-25-27(33(7,8)19-17-31(25,3)4)28(26)34-29(36)23-13-11-22(12-14-23)15-20-35(9)10/h11-13,21H,15-20H2,1-10H3,(H,34,36). The highest BCUT2D eigenvalue weighted by Crippen LogP contribution is 2.56. The van der Waals surface area contributed by atoms with Crippen LogP contribution in [0.2, 0.25) is 0 Å². The Morgan fingerprint density at radius 2 is 1.33 bits per heavy atom. The number of likely N-dealkylation sites (N-methyl/N-ethyl adjacent to an activating group) is 1. The van der Waals surface area contributed by atoms with Crippen molar-refractivity contribution in [1.82, 2.24) is 4.90 Å². The number of hydrogen-bond acceptors (Lipinski definition) is 2. The Bertz CT molecular complexity index is 1090.